The average molecular weight is 347 g/mol. The molecule has 24 heavy (non-hydrogen) atoms. The van der Waals surface area contributed by atoms with Crippen LogP contribution < -0.4 is 15.4 Å². The van der Waals surface area contributed by atoms with E-state index >= 15 is 0 Å². The molecule has 2 rings (SSSR count). The van der Waals surface area contributed by atoms with E-state index in [-0.39, 0.29) is 11.8 Å². The molecule has 0 aliphatic heterocycles. The number of amides is 2. The molecule has 5 nitrogen and oxygen atoms in total. The molecule has 0 fully saturated rings. The summed E-state index contributed by atoms with van der Waals surface area (Å²) < 4.78 is 5.57. The smallest absolute Gasteiger partial charge is 0.265 e. The molecule has 0 spiro atoms. The van der Waals surface area contributed by atoms with Crippen LogP contribution in [0.25, 0.3) is 0 Å². The number of rotatable bonds is 6. The van der Waals surface area contributed by atoms with Crippen molar-refractivity contribution in [2.75, 3.05) is 12.4 Å². The van der Waals surface area contributed by atoms with Gasteiger partial charge in [-0.1, -0.05) is 29.8 Å². The molecule has 0 aliphatic carbocycles. The molecule has 126 valence electrons. The third-order valence-electron chi connectivity index (χ3n) is 3.34. The van der Waals surface area contributed by atoms with Crippen LogP contribution >= 0.6 is 11.6 Å². The Kier molecular flexibility index (Phi) is 6.21. The molecule has 2 N–H and O–H groups in total. The lowest BCUT2D eigenvalue weighted by molar-refractivity contribution is -0.122. The summed E-state index contributed by atoms with van der Waals surface area (Å²) in [4.78, 5) is 23.5. The van der Waals surface area contributed by atoms with E-state index < -0.39 is 6.10 Å². The molecule has 0 heterocycles. The summed E-state index contributed by atoms with van der Waals surface area (Å²) >= 11 is 5.89. The van der Waals surface area contributed by atoms with Crippen molar-refractivity contribution in [1.29, 1.82) is 0 Å². The topological polar surface area (TPSA) is 67.4 Å². The maximum absolute atomic E-state index is 12.2. The summed E-state index contributed by atoms with van der Waals surface area (Å²) in [6.07, 6.45) is -0.368. The molecule has 1 unspecified atom stereocenters. The van der Waals surface area contributed by atoms with Gasteiger partial charge in [0.1, 0.15) is 5.75 Å². The predicted molar refractivity (Wildman–Crippen MR) is 94.4 cm³/mol. The number of ether oxygens (including phenoxy) is 1. The normalized spacial score (nSPS) is 11.5. The van der Waals surface area contributed by atoms with Crippen LogP contribution in [0, 0.1) is 0 Å². The van der Waals surface area contributed by atoms with Gasteiger partial charge in [-0.15, -0.1) is 0 Å². The summed E-state index contributed by atoms with van der Waals surface area (Å²) in [5.74, 6) is 0.204. The molecule has 2 amide bonds. The minimum atomic E-state index is -0.672. The number of benzene rings is 2. The van der Waals surface area contributed by atoms with Crippen molar-refractivity contribution in [3.8, 4) is 5.75 Å². The first-order chi connectivity index (χ1) is 11.5. The highest BCUT2D eigenvalue weighted by Gasteiger charge is 2.15. The van der Waals surface area contributed by atoms with E-state index in [9.17, 15) is 9.59 Å². The molecule has 0 radical (unpaired) electrons. The fourth-order valence-corrected chi connectivity index (χ4v) is 2.20. The van der Waals surface area contributed by atoms with Crippen molar-refractivity contribution in [2.45, 2.75) is 19.4 Å². The van der Waals surface area contributed by atoms with Crippen LogP contribution in [0.1, 0.15) is 12.5 Å². The third-order valence-corrected chi connectivity index (χ3v) is 3.58. The van der Waals surface area contributed by atoms with Crippen molar-refractivity contribution in [2.24, 2.45) is 0 Å². The summed E-state index contributed by atoms with van der Waals surface area (Å²) in [6, 6.07) is 14.0. The molecule has 1 atom stereocenters. The fraction of sp³-hybridized carbons (Fsp3) is 0.222. The lowest BCUT2D eigenvalue weighted by atomic mass is 10.1. The highest BCUT2D eigenvalue weighted by molar-refractivity contribution is 6.30. The Morgan fingerprint density at radius 2 is 1.88 bits per heavy atom. The Bertz CT molecular complexity index is 716. The molecular formula is C18H19ClN2O3. The number of likely N-dealkylation sites (N-methyl/N-ethyl adjacent to an activating group) is 1. The van der Waals surface area contributed by atoms with Crippen LogP contribution in [-0.2, 0) is 16.0 Å². The van der Waals surface area contributed by atoms with Crippen molar-refractivity contribution in [3.63, 3.8) is 0 Å². The first-order valence-electron chi connectivity index (χ1n) is 7.50. The highest BCUT2D eigenvalue weighted by atomic mass is 35.5. The zero-order valence-electron chi connectivity index (χ0n) is 13.5. The van der Waals surface area contributed by atoms with Gasteiger partial charge >= 0.3 is 0 Å². The van der Waals surface area contributed by atoms with E-state index in [0.29, 0.717) is 22.9 Å². The van der Waals surface area contributed by atoms with Crippen LogP contribution in [0.4, 0.5) is 5.69 Å². The van der Waals surface area contributed by atoms with E-state index in [1.807, 2.05) is 0 Å². The molecule has 0 bridgehead atoms. The van der Waals surface area contributed by atoms with Crippen molar-refractivity contribution in [3.05, 3.63) is 59.1 Å². The minimum Gasteiger partial charge on any atom is -0.481 e. The molecule has 2 aromatic rings. The van der Waals surface area contributed by atoms with E-state index in [2.05, 4.69) is 10.6 Å². The number of anilines is 1. The number of carbonyl (C=O) groups excluding carboxylic acids is 2. The Balaban J connectivity index is 1.92. The molecule has 0 aromatic heterocycles. The maximum atomic E-state index is 12.2. The van der Waals surface area contributed by atoms with E-state index in [1.54, 1.807) is 62.5 Å². The van der Waals surface area contributed by atoms with E-state index in [1.165, 1.54) is 0 Å². The highest BCUT2D eigenvalue weighted by Crippen LogP contribution is 2.19. The molecule has 0 saturated heterocycles. The lowest BCUT2D eigenvalue weighted by Crippen LogP contribution is -2.30. The first kappa shape index (κ1) is 17.8. The zero-order chi connectivity index (χ0) is 17.5. The number of halogens is 1. The van der Waals surface area contributed by atoms with Crippen LogP contribution in [0.15, 0.2) is 48.5 Å². The van der Waals surface area contributed by atoms with Gasteiger partial charge < -0.3 is 15.4 Å². The van der Waals surface area contributed by atoms with Gasteiger partial charge in [0.15, 0.2) is 6.10 Å². The van der Waals surface area contributed by atoms with Crippen LogP contribution in [0.2, 0.25) is 5.02 Å². The fourth-order valence-electron chi connectivity index (χ4n) is 2.02. The molecular weight excluding hydrogens is 328 g/mol. The minimum absolute atomic E-state index is 0.0599. The summed E-state index contributed by atoms with van der Waals surface area (Å²) in [7, 11) is 1.60. The Hall–Kier alpha value is -2.53. The van der Waals surface area contributed by atoms with Gasteiger partial charge in [-0.2, -0.15) is 0 Å². The van der Waals surface area contributed by atoms with Gasteiger partial charge in [0.2, 0.25) is 5.91 Å². The number of carbonyl (C=O) groups is 2. The zero-order valence-corrected chi connectivity index (χ0v) is 14.3. The number of hydrogen-bond acceptors (Lipinski definition) is 3. The standard InChI is InChI=1S/C18H19ClN2O3/c1-12(24-16-5-3-4-14(19)11-16)18(23)21-15-8-6-13(7-9-15)10-17(22)20-2/h3-9,11-12H,10H2,1-2H3,(H,20,22)(H,21,23). The Morgan fingerprint density at radius 3 is 2.50 bits per heavy atom. The SMILES string of the molecule is CNC(=O)Cc1ccc(NC(=O)C(C)Oc2cccc(Cl)c2)cc1. The lowest BCUT2D eigenvalue weighted by Gasteiger charge is -2.15. The van der Waals surface area contributed by atoms with Gasteiger partial charge in [-0.3, -0.25) is 9.59 Å². The van der Waals surface area contributed by atoms with Crippen LogP contribution in [-0.4, -0.2) is 25.0 Å². The van der Waals surface area contributed by atoms with Gasteiger partial charge in [0.05, 0.1) is 6.42 Å². The van der Waals surface area contributed by atoms with E-state index in [4.69, 9.17) is 16.3 Å². The Labute approximate surface area is 146 Å². The molecule has 6 heteroatoms. The van der Waals surface area contributed by atoms with Crippen molar-refractivity contribution >= 4 is 29.1 Å². The molecule has 2 aromatic carbocycles. The van der Waals surface area contributed by atoms with Gasteiger partial charge in [-0.25, -0.2) is 0 Å². The molecule has 0 aliphatic rings. The van der Waals surface area contributed by atoms with Gasteiger partial charge in [0.25, 0.3) is 5.91 Å². The molecule has 0 saturated carbocycles. The second-order valence-electron chi connectivity index (χ2n) is 5.25. The van der Waals surface area contributed by atoms with E-state index in [0.717, 1.165) is 5.56 Å². The number of hydrogen-bond donors (Lipinski definition) is 2. The monoisotopic (exact) mass is 346 g/mol. The first-order valence-corrected chi connectivity index (χ1v) is 7.88. The van der Waals surface area contributed by atoms with Gasteiger partial charge in [0, 0.05) is 17.8 Å². The average Bonchev–Trinajstić information content (AvgIpc) is 2.56. The van der Waals surface area contributed by atoms with Crippen molar-refractivity contribution in [1.82, 2.24) is 5.32 Å². The Morgan fingerprint density at radius 1 is 1.17 bits per heavy atom. The second-order valence-corrected chi connectivity index (χ2v) is 5.69. The van der Waals surface area contributed by atoms with Gasteiger partial charge in [-0.05, 0) is 42.8 Å². The quantitative estimate of drug-likeness (QED) is 0.844. The summed E-state index contributed by atoms with van der Waals surface area (Å²) in [5, 5.41) is 5.89. The number of nitrogens with one attached hydrogen (secondary N) is 2. The predicted octanol–water partition coefficient (Wildman–Crippen LogP) is 3.03. The van der Waals surface area contributed by atoms with Crippen LogP contribution in [0.3, 0.4) is 0 Å². The third kappa shape index (κ3) is 5.28. The van der Waals surface area contributed by atoms with Crippen molar-refractivity contribution < 1.29 is 14.3 Å². The second kappa shape index (κ2) is 8.36. The maximum Gasteiger partial charge on any atom is 0.265 e. The van der Waals surface area contributed by atoms with Crippen LogP contribution in [0.5, 0.6) is 5.75 Å². The summed E-state index contributed by atoms with van der Waals surface area (Å²) in [6.45, 7) is 1.66. The largest absolute Gasteiger partial charge is 0.481 e. The summed E-state index contributed by atoms with van der Waals surface area (Å²) in [5.41, 5.74) is 1.51.